The summed E-state index contributed by atoms with van der Waals surface area (Å²) in [7, 11) is 2.83. The van der Waals surface area contributed by atoms with Crippen molar-refractivity contribution in [2.45, 2.75) is 12.5 Å². The summed E-state index contributed by atoms with van der Waals surface area (Å²) >= 11 is 0. The number of ether oxygens (including phenoxy) is 3. The Morgan fingerprint density at radius 3 is 2.53 bits per heavy atom. The third-order valence-electron chi connectivity index (χ3n) is 3.09. The first kappa shape index (κ1) is 14.0. The molecule has 1 unspecified atom stereocenters. The third kappa shape index (κ3) is 2.96. The van der Waals surface area contributed by atoms with Crippen LogP contribution in [-0.2, 0) is 4.74 Å². The van der Waals surface area contributed by atoms with Gasteiger partial charge in [-0.15, -0.1) is 0 Å². The molecule has 1 aromatic carbocycles. The molecule has 2 rings (SSSR count). The van der Waals surface area contributed by atoms with Crippen LogP contribution < -0.4 is 14.8 Å². The van der Waals surface area contributed by atoms with E-state index in [4.69, 9.17) is 14.2 Å². The Balaban J connectivity index is 2.41. The van der Waals surface area contributed by atoms with Crippen molar-refractivity contribution in [2.75, 3.05) is 33.9 Å². The number of methoxy groups -OCH3 is 2. The van der Waals surface area contributed by atoms with E-state index in [0.29, 0.717) is 18.9 Å². The lowest BCUT2D eigenvalue weighted by molar-refractivity contribution is 0.0260. The zero-order valence-corrected chi connectivity index (χ0v) is 10.9. The van der Waals surface area contributed by atoms with Gasteiger partial charge in [-0.2, -0.15) is 0 Å². The molecular weight excluding hydrogens is 256 g/mol. The number of hydrogen-bond acceptors (Lipinski definition) is 4. The zero-order valence-electron chi connectivity index (χ0n) is 10.9. The van der Waals surface area contributed by atoms with Crippen molar-refractivity contribution in [1.29, 1.82) is 0 Å². The molecule has 4 nitrogen and oxygen atoms in total. The van der Waals surface area contributed by atoms with Gasteiger partial charge in [-0.05, 0) is 12.1 Å². The molecule has 0 bridgehead atoms. The lowest BCUT2D eigenvalue weighted by atomic mass is 10.0. The van der Waals surface area contributed by atoms with Gasteiger partial charge in [0.25, 0.3) is 6.43 Å². The molecule has 0 amide bonds. The van der Waals surface area contributed by atoms with Crippen LogP contribution in [0.2, 0.25) is 0 Å². The second kappa shape index (κ2) is 6.16. The van der Waals surface area contributed by atoms with Gasteiger partial charge in [0.1, 0.15) is 11.5 Å². The standard InChI is InChI=1S/C13H17F2NO3/c1-17-10-6-9(13(14)15)11(18-2)5-8(10)12-7-16-3-4-19-12/h5-6,12-13,16H,3-4,7H2,1-2H3. The minimum Gasteiger partial charge on any atom is -0.496 e. The molecule has 19 heavy (non-hydrogen) atoms. The molecule has 0 saturated carbocycles. The van der Waals surface area contributed by atoms with E-state index in [9.17, 15) is 8.78 Å². The molecule has 1 aromatic rings. The fourth-order valence-electron chi connectivity index (χ4n) is 2.13. The summed E-state index contributed by atoms with van der Waals surface area (Å²) in [6, 6.07) is 2.88. The molecule has 1 atom stereocenters. The predicted molar refractivity (Wildman–Crippen MR) is 66.1 cm³/mol. The molecule has 0 aromatic heterocycles. The monoisotopic (exact) mass is 273 g/mol. The highest BCUT2D eigenvalue weighted by Crippen LogP contribution is 2.38. The van der Waals surface area contributed by atoms with E-state index in [0.717, 1.165) is 12.1 Å². The fourth-order valence-corrected chi connectivity index (χ4v) is 2.13. The molecule has 1 heterocycles. The Bertz CT molecular complexity index is 434. The molecule has 1 aliphatic rings. The maximum atomic E-state index is 12.9. The summed E-state index contributed by atoms with van der Waals surface area (Å²) in [5.41, 5.74) is 0.544. The van der Waals surface area contributed by atoms with Gasteiger partial charge in [-0.25, -0.2) is 8.78 Å². The summed E-state index contributed by atoms with van der Waals surface area (Å²) < 4.78 is 41.7. The Kier molecular flexibility index (Phi) is 4.55. The first-order valence-electron chi connectivity index (χ1n) is 6.03. The van der Waals surface area contributed by atoms with Crippen LogP contribution in [0.4, 0.5) is 8.78 Å². The number of nitrogens with one attached hydrogen (secondary N) is 1. The van der Waals surface area contributed by atoms with Crippen molar-refractivity contribution in [3.8, 4) is 11.5 Å². The van der Waals surface area contributed by atoms with Crippen molar-refractivity contribution in [3.63, 3.8) is 0 Å². The van der Waals surface area contributed by atoms with Crippen LogP contribution in [0, 0.1) is 0 Å². The molecule has 1 N–H and O–H groups in total. The normalized spacial score (nSPS) is 19.5. The van der Waals surface area contributed by atoms with E-state index in [1.807, 2.05) is 0 Å². The second-order valence-electron chi connectivity index (χ2n) is 4.20. The van der Waals surface area contributed by atoms with Gasteiger partial charge in [-0.3, -0.25) is 0 Å². The summed E-state index contributed by atoms with van der Waals surface area (Å²) in [5, 5.41) is 3.19. The van der Waals surface area contributed by atoms with Gasteiger partial charge in [0, 0.05) is 18.7 Å². The number of morpholine rings is 1. The van der Waals surface area contributed by atoms with E-state index >= 15 is 0 Å². The average molecular weight is 273 g/mol. The van der Waals surface area contributed by atoms with Crippen LogP contribution in [0.25, 0.3) is 0 Å². The highest BCUT2D eigenvalue weighted by atomic mass is 19.3. The van der Waals surface area contributed by atoms with E-state index in [1.165, 1.54) is 20.3 Å². The zero-order chi connectivity index (χ0) is 13.8. The van der Waals surface area contributed by atoms with Crippen molar-refractivity contribution in [2.24, 2.45) is 0 Å². The topological polar surface area (TPSA) is 39.7 Å². The fraction of sp³-hybridized carbons (Fsp3) is 0.538. The number of benzene rings is 1. The van der Waals surface area contributed by atoms with Crippen molar-refractivity contribution in [1.82, 2.24) is 5.32 Å². The smallest absolute Gasteiger partial charge is 0.267 e. The van der Waals surface area contributed by atoms with Gasteiger partial charge in [0.05, 0.1) is 32.5 Å². The Morgan fingerprint density at radius 1 is 1.26 bits per heavy atom. The van der Waals surface area contributed by atoms with Crippen molar-refractivity contribution >= 4 is 0 Å². The third-order valence-corrected chi connectivity index (χ3v) is 3.09. The van der Waals surface area contributed by atoms with Crippen LogP contribution >= 0.6 is 0 Å². The maximum Gasteiger partial charge on any atom is 0.267 e. The molecule has 106 valence electrons. The highest BCUT2D eigenvalue weighted by molar-refractivity contribution is 5.48. The molecule has 1 saturated heterocycles. The first-order valence-corrected chi connectivity index (χ1v) is 6.03. The summed E-state index contributed by atoms with van der Waals surface area (Å²) in [6.07, 6.45) is -2.83. The quantitative estimate of drug-likeness (QED) is 0.913. The van der Waals surface area contributed by atoms with Gasteiger partial charge >= 0.3 is 0 Å². The predicted octanol–water partition coefficient (Wildman–Crippen LogP) is 2.30. The number of hydrogen-bond donors (Lipinski definition) is 1. The SMILES string of the molecule is COc1cc(C2CNCCO2)c(OC)cc1C(F)F. The van der Waals surface area contributed by atoms with Crippen molar-refractivity contribution in [3.05, 3.63) is 23.3 Å². The van der Waals surface area contributed by atoms with E-state index in [2.05, 4.69) is 5.32 Å². The molecule has 6 heteroatoms. The molecule has 0 radical (unpaired) electrons. The summed E-state index contributed by atoms with van der Waals surface area (Å²) in [5.74, 6) is 0.546. The van der Waals surface area contributed by atoms with Gasteiger partial charge in [-0.1, -0.05) is 0 Å². The lowest BCUT2D eigenvalue weighted by Crippen LogP contribution is -2.33. The van der Waals surface area contributed by atoms with Crippen LogP contribution in [-0.4, -0.2) is 33.9 Å². The molecule has 0 spiro atoms. The minimum atomic E-state index is -2.61. The highest BCUT2D eigenvalue weighted by Gasteiger charge is 2.24. The summed E-state index contributed by atoms with van der Waals surface area (Å²) in [6.45, 7) is 1.98. The van der Waals surface area contributed by atoms with Crippen LogP contribution in [0.3, 0.4) is 0 Å². The van der Waals surface area contributed by atoms with Crippen LogP contribution in [0.5, 0.6) is 11.5 Å². The lowest BCUT2D eigenvalue weighted by Gasteiger charge is -2.26. The van der Waals surface area contributed by atoms with E-state index in [1.54, 1.807) is 6.07 Å². The van der Waals surface area contributed by atoms with Crippen molar-refractivity contribution < 1.29 is 23.0 Å². The van der Waals surface area contributed by atoms with E-state index in [-0.39, 0.29) is 17.4 Å². The molecule has 0 aliphatic carbocycles. The maximum absolute atomic E-state index is 12.9. The minimum absolute atomic E-state index is 0.153. The van der Waals surface area contributed by atoms with Gasteiger partial charge < -0.3 is 19.5 Å². The number of alkyl halides is 2. The van der Waals surface area contributed by atoms with Gasteiger partial charge in [0.15, 0.2) is 0 Å². The number of halogens is 2. The second-order valence-corrected chi connectivity index (χ2v) is 4.20. The Labute approximate surface area is 110 Å². The van der Waals surface area contributed by atoms with Crippen LogP contribution in [0.1, 0.15) is 23.7 Å². The molecule has 1 aliphatic heterocycles. The first-order chi connectivity index (χ1) is 9.17. The molecular formula is C13H17F2NO3. The summed E-state index contributed by atoms with van der Waals surface area (Å²) in [4.78, 5) is 0. The Morgan fingerprint density at radius 2 is 2.00 bits per heavy atom. The average Bonchev–Trinajstić information content (AvgIpc) is 2.46. The molecule has 1 fully saturated rings. The largest absolute Gasteiger partial charge is 0.496 e. The Hall–Kier alpha value is -1.40. The number of rotatable bonds is 4. The van der Waals surface area contributed by atoms with Gasteiger partial charge in [0.2, 0.25) is 0 Å². The van der Waals surface area contributed by atoms with E-state index < -0.39 is 6.43 Å². The van der Waals surface area contributed by atoms with Crippen LogP contribution in [0.15, 0.2) is 12.1 Å².